The van der Waals surface area contributed by atoms with Crippen LogP contribution in [0.4, 0.5) is 27.6 Å². The van der Waals surface area contributed by atoms with Crippen LogP contribution in [0.1, 0.15) is 18.4 Å². The lowest BCUT2D eigenvalue weighted by Crippen LogP contribution is -2.41. The van der Waals surface area contributed by atoms with Crippen molar-refractivity contribution in [3.63, 3.8) is 0 Å². The summed E-state index contributed by atoms with van der Waals surface area (Å²) in [5, 5.41) is 0.959. The van der Waals surface area contributed by atoms with Crippen LogP contribution < -0.4 is 15.2 Å². The third-order valence-electron chi connectivity index (χ3n) is 5.68. The first-order valence-corrected chi connectivity index (χ1v) is 10.2. The average Bonchev–Trinajstić information content (AvgIpc) is 2.73. The highest BCUT2D eigenvalue weighted by molar-refractivity contribution is 5.91. The fraction of sp³-hybridized carbons (Fsp3) is 0.348. The van der Waals surface area contributed by atoms with Crippen molar-refractivity contribution in [3.05, 3.63) is 70.5 Å². The number of nitrogens with zero attached hydrogens (tertiary/aromatic N) is 1. The number of halogens is 5. The van der Waals surface area contributed by atoms with E-state index in [4.69, 9.17) is 0 Å². The van der Waals surface area contributed by atoms with E-state index in [1.54, 1.807) is 12.1 Å². The third-order valence-corrected chi connectivity index (χ3v) is 5.68. The van der Waals surface area contributed by atoms with Gasteiger partial charge in [-0.2, -0.15) is 22.0 Å². The van der Waals surface area contributed by atoms with Crippen LogP contribution in [0.25, 0.3) is 10.9 Å². The minimum Gasteiger partial charge on any atom is -0.426 e. The fourth-order valence-electron chi connectivity index (χ4n) is 4.10. The minimum absolute atomic E-state index is 0.173. The number of alkyl halides is 5. The molecule has 0 spiro atoms. The van der Waals surface area contributed by atoms with Crippen LogP contribution in [0.2, 0.25) is 0 Å². The molecular weight excluding hydrogens is 431 g/mol. The van der Waals surface area contributed by atoms with Gasteiger partial charge in [0.25, 0.3) is 0 Å². The van der Waals surface area contributed by atoms with E-state index < -0.39 is 18.0 Å². The summed E-state index contributed by atoms with van der Waals surface area (Å²) in [6.45, 7) is 1.42. The Bertz CT molecular complexity index is 1150. The minimum atomic E-state index is -5.78. The molecule has 0 saturated carbocycles. The fourth-order valence-corrected chi connectivity index (χ4v) is 4.10. The number of aromatic nitrogens is 1. The number of rotatable bonds is 5. The molecule has 1 aliphatic heterocycles. The smallest absolute Gasteiger partial charge is 0.426 e. The number of anilines is 1. The topological polar surface area (TPSA) is 45.3 Å². The summed E-state index contributed by atoms with van der Waals surface area (Å²) in [5.74, 6) is -0.282. The number of nitrogens with one attached hydrogen (secondary N) is 1. The quantitative estimate of drug-likeness (QED) is 0.519. The first kappa shape index (κ1) is 22.1. The van der Waals surface area contributed by atoms with Gasteiger partial charge in [-0.3, -0.25) is 4.79 Å². The van der Waals surface area contributed by atoms with Crippen LogP contribution in [-0.2, 0) is 6.42 Å². The van der Waals surface area contributed by atoms with Crippen molar-refractivity contribution in [1.82, 2.24) is 4.98 Å². The summed E-state index contributed by atoms with van der Waals surface area (Å²) in [6, 6.07) is 14.6. The highest BCUT2D eigenvalue weighted by Gasteiger charge is 2.61. The molecule has 2 aromatic carbocycles. The summed E-state index contributed by atoms with van der Waals surface area (Å²) in [6.07, 6.45) is -8.89. The lowest BCUT2D eigenvalue weighted by molar-refractivity contribution is -0.360. The normalized spacial score (nSPS) is 15.8. The number of fused-ring (bicyclic) bond motifs is 1. The summed E-state index contributed by atoms with van der Waals surface area (Å²) in [4.78, 5) is 17.0. The molecule has 2 heterocycles. The molecule has 0 amide bonds. The van der Waals surface area contributed by atoms with Crippen LogP contribution in [0.5, 0.6) is 5.75 Å². The molecule has 0 bridgehead atoms. The Balaban J connectivity index is 1.42. The zero-order valence-electron chi connectivity index (χ0n) is 17.0. The molecule has 0 unspecified atom stereocenters. The van der Waals surface area contributed by atoms with E-state index in [-0.39, 0.29) is 11.5 Å². The summed E-state index contributed by atoms with van der Waals surface area (Å²) in [5.41, 5.74) is 2.10. The van der Waals surface area contributed by atoms with Gasteiger partial charge in [-0.25, -0.2) is 0 Å². The number of aromatic amines is 1. The van der Waals surface area contributed by atoms with E-state index in [9.17, 15) is 26.7 Å². The number of pyridine rings is 1. The molecule has 1 aromatic heterocycles. The van der Waals surface area contributed by atoms with Gasteiger partial charge < -0.3 is 14.6 Å². The van der Waals surface area contributed by atoms with Gasteiger partial charge in [0.1, 0.15) is 5.75 Å². The van der Waals surface area contributed by atoms with E-state index >= 15 is 0 Å². The van der Waals surface area contributed by atoms with Gasteiger partial charge in [0.15, 0.2) is 0 Å². The Morgan fingerprint density at radius 3 is 2.41 bits per heavy atom. The summed E-state index contributed by atoms with van der Waals surface area (Å²) >= 11 is 0. The standard InChI is InChI=1S/C23H21F5N2O2/c24-22(25,26)23(27,28)32-17-5-3-4-16(13-17)12-15-8-10-30(11-9-15)20-14-21(31)29-19-7-2-1-6-18(19)20/h1-7,13-15H,8-12H2,(H,29,31). The van der Waals surface area contributed by atoms with Crippen molar-refractivity contribution in [3.8, 4) is 5.75 Å². The molecule has 4 nitrogen and oxygen atoms in total. The van der Waals surface area contributed by atoms with Crippen molar-refractivity contribution >= 4 is 16.6 Å². The molecule has 1 saturated heterocycles. The largest absolute Gasteiger partial charge is 0.499 e. The maximum Gasteiger partial charge on any atom is 0.499 e. The van der Waals surface area contributed by atoms with Gasteiger partial charge in [-0.05, 0) is 48.9 Å². The maximum atomic E-state index is 13.2. The zero-order valence-corrected chi connectivity index (χ0v) is 17.0. The Morgan fingerprint density at radius 2 is 1.69 bits per heavy atom. The predicted molar refractivity (Wildman–Crippen MR) is 111 cm³/mol. The first-order valence-electron chi connectivity index (χ1n) is 10.2. The second-order valence-electron chi connectivity index (χ2n) is 7.96. The van der Waals surface area contributed by atoms with Crippen LogP contribution in [0.15, 0.2) is 59.4 Å². The van der Waals surface area contributed by atoms with E-state index in [0.29, 0.717) is 25.1 Å². The molecule has 1 N–H and O–H groups in total. The number of piperidine rings is 1. The summed E-state index contributed by atoms with van der Waals surface area (Å²) < 4.78 is 67.4. The monoisotopic (exact) mass is 452 g/mol. The van der Waals surface area contributed by atoms with E-state index in [2.05, 4.69) is 14.6 Å². The summed E-state index contributed by atoms with van der Waals surface area (Å²) in [7, 11) is 0. The molecule has 9 heteroatoms. The third kappa shape index (κ3) is 4.71. The number of hydrogen-bond acceptors (Lipinski definition) is 3. The van der Waals surface area contributed by atoms with Crippen LogP contribution in [0.3, 0.4) is 0 Å². The number of H-pyrrole nitrogens is 1. The van der Waals surface area contributed by atoms with Crippen molar-refractivity contribution in [2.45, 2.75) is 31.5 Å². The lowest BCUT2D eigenvalue weighted by Gasteiger charge is -2.34. The van der Waals surface area contributed by atoms with Gasteiger partial charge in [-0.1, -0.05) is 30.3 Å². The molecule has 3 aromatic rings. The van der Waals surface area contributed by atoms with Gasteiger partial charge in [-0.15, -0.1) is 0 Å². The molecule has 0 aliphatic carbocycles. The van der Waals surface area contributed by atoms with Gasteiger partial charge >= 0.3 is 12.3 Å². The average molecular weight is 452 g/mol. The Hall–Kier alpha value is -3.10. The van der Waals surface area contributed by atoms with Crippen molar-refractivity contribution in [1.29, 1.82) is 0 Å². The zero-order chi connectivity index (χ0) is 22.9. The van der Waals surface area contributed by atoms with E-state index in [1.165, 1.54) is 12.1 Å². The number of ether oxygens (including phenoxy) is 1. The maximum absolute atomic E-state index is 13.2. The number of hydrogen-bond donors (Lipinski definition) is 1. The second kappa shape index (κ2) is 8.44. The molecule has 170 valence electrons. The van der Waals surface area contributed by atoms with Gasteiger partial charge in [0.2, 0.25) is 5.56 Å². The van der Waals surface area contributed by atoms with E-state index in [1.807, 2.05) is 24.3 Å². The Labute approximate surface area is 180 Å². The second-order valence-corrected chi connectivity index (χ2v) is 7.96. The molecule has 0 atom stereocenters. The first-order chi connectivity index (χ1) is 15.1. The van der Waals surface area contributed by atoms with Crippen LogP contribution in [-0.4, -0.2) is 30.4 Å². The molecular formula is C23H21F5N2O2. The van der Waals surface area contributed by atoms with Gasteiger partial charge in [0, 0.05) is 24.5 Å². The number of benzene rings is 2. The van der Waals surface area contributed by atoms with Crippen molar-refractivity contribution < 1.29 is 26.7 Å². The lowest BCUT2D eigenvalue weighted by atomic mass is 9.90. The Morgan fingerprint density at radius 1 is 0.969 bits per heavy atom. The van der Waals surface area contributed by atoms with Crippen LogP contribution >= 0.6 is 0 Å². The highest BCUT2D eigenvalue weighted by atomic mass is 19.4. The van der Waals surface area contributed by atoms with Crippen molar-refractivity contribution in [2.24, 2.45) is 5.92 Å². The molecule has 1 aliphatic rings. The highest BCUT2D eigenvalue weighted by Crippen LogP contribution is 2.37. The molecule has 32 heavy (non-hydrogen) atoms. The van der Waals surface area contributed by atoms with Crippen LogP contribution in [0, 0.1) is 5.92 Å². The molecule has 0 radical (unpaired) electrons. The molecule has 4 rings (SSSR count). The molecule has 1 fully saturated rings. The number of para-hydroxylation sites is 1. The van der Waals surface area contributed by atoms with Gasteiger partial charge in [0.05, 0.1) is 11.2 Å². The SMILES string of the molecule is O=c1cc(N2CCC(Cc3cccc(OC(F)(F)C(F)(F)F)c3)CC2)c2ccccc2[nH]1. The van der Waals surface area contributed by atoms with Crippen molar-refractivity contribution in [2.75, 3.05) is 18.0 Å². The van der Waals surface area contributed by atoms with E-state index in [0.717, 1.165) is 35.5 Å². The Kier molecular flexibility index (Phi) is 5.83. The predicted octanol–water partition coefficient (Wildman–Crippen LogP) is 5.52.